The van der Waals surface area contributed by atoms with Crippen molar-refractivity contribution < 1.29 is 4.74 Å². The first-order chi connectivity index (χ1) is 8.27. The molecule has 0 aliphatic carbocycles. The third-order valence-corrected chi connectivity index (χ3v) is 4.44. The number of piperidine rings is 1. The Morgan fingerprint density at radius 2 is 1.65 bits per heavy atom. The molecule has 2 saturated heterocycles. The average molecular weight is 240 g/mol. The third kappa shape index (κ3) is 3.94. The van der Waals surface area contributed by atoms with Crippen molar-refractivity contribution in [1.29, 1.82) is 0 Å². The molecule has 0 spiro atoms. The Morgan fingerprint density at radius 3 is 2.24 bits per heavy atom. The van der Waals surface area contributed by atoms with Crippen LogP contribution in [0, 0.1) is 17.8 Å². The van der Waals surface area contributed by atoms with E-state index in [2.05, 4.69) is 24.3 Å². The van der Waals surface area contributed by atoms with Crippen LogP contribution in [0.3, 0.4) is 0 Å². The summed E-state index contributed by atoms with van der Waals surface area (Å²) < 4.78 is 5.52. The molecule has 2 rings (SSSR count). The van der Waals surface area contributed by atoms with Crippen LogP contribution in [0.5, 0.6) is 0 Å². The molecule has 0 aromatic heterocycles. The lowest BCUT2D eigenvalue weighted by Crippen LogP contribution is -2.40. The summed E-state index contributed by atoms with van der Waals surface area (Å²) >= 11 is 0. The summed E-state index contributed by atoms with van der Waals surface area (Å²) in [6, 6.07) is 0. The monoisotopic (exact) mass is 240 g/mol. The Labute approximate surface area is 106 Å². The van der Waals surface area contributed by atoms with Crippen LogP contribution in [0.2, 0.25) is 0 Å². The largest absolute Gasteiger partial charge is 0.381 e. The van der Waals surface area contributed by atoms with Crippen LogP contribution in [0.1, 0.15) is 25.7 Å². The van der Waals surface area contributed by atoms with Gasteiger partial charge in [-0.2, -0.15) is 0 Å². The zero-order valence-corrected chi connectivity index (χ0v) is 11.5. The van der Waals surface area contributed by atoms with E-state index in [9.17, 15) is 0 Å². The van der Waals surface area contributed by atoms with Gasteiger partial charge in [0.25, 0.3) is 0 Å². The van der Waals surface area contributed by atoms with Crippen LogP contribution < -0.4 is 5.32 Å². The van der Waals surface area contributed by atoms with Gasteiger partial charge in [0, 0.05) is 19.8 Å². The molecule has 3 heteroatoms. The topological polar surface area (TPSA) is 24.5 Å². The van der Waals surface area contributed by atoms with Gasteiger partial charge in [0.05, 0.1) is 0 Å². The Bertz CT molecular complexity index is 190. The molecule has 0 aromatic rings. The normalized spacial score (nSPS) is 26.3. The van der Waals surface area contributed by atoms with Crippen molar-refractivity contribution in [2.24, 2.45) is 17.8 Å². The van der Waals surface area contributed by atoms with Crippen molar-refractivity contribution in [3.63, 3.8) is 0 Å². The SMILES string of the molecule is CN(C)CC(C1CCNCC1)C1CCOCC1. The second-order valence-corrected chi connectivity index (χ2v) is 5.96. The molecule has 0 saturated carbocycles. The summed E-state index contributed by atoms with van der Waals surface area (Å²) in [5, 5.41) is 3.49. The van der Waals surface area contributed by atoms with Crippen LogP contribution >= 0.6 is 0 Å². The lowest BCUT2D eigenvalue weighted by atomic mass is 9.74. The highest BCUT2D eigenvalue weighted by atomic mass is 16.5. The fraction of sp³-hybridized carbons (Fsp3) is 1.00. The van der Waals surface area contributed by atoms with Crippen LogP contribution in [0.25, 0.3) is 0 Å². The Morgan fingerprint density at radius 1 is 1.06 bits per heavy atom. The minimum absolute atomic E-state index is 0.885. The first-order valence-electron chi connectivity index (χ1n) is 7.20. The van der Waals surface area contributed by atoms with Gasteiger partial charge in [-0.25, -0.2) is 0 Å². The highest BCUT2D eigenvalue weighted by Gasteiger charge is 2.31. The van der Waals surface area contributed by atoms with Crippen molar-refractivity contribution in [1.82, 2.24) is 10.2 Å². The lowest BCUT2D eigenvalue weighted by molar-refractivity contribution is 0.0222. The van der Waals surface area contributed by atoms with Gasteiger partial charge in [0.2, 0.25) is 0 Å². The van der Waals surface area contributed by atoms with Gasteiger partial charge in [-0.15, -0.1) is 0 Å². The summed E-state index contributed by atoms with van der Waals surface area (Å²) in [5.74, 6) is 2.71. The van der Waals surface area contributed by atoms with E-state index in [0.29, 0.717) is 0 Å². The van der Waals surface area contributed by atoms with Crippen LogP contribution in [0.4, 0.5) is 0 Å². The van der Waals surface area contributed by atoms with Gasteiger partial charge >= 0.3 is 0 Å². The molecule has 2 heterocycles. The lowest BCUT2D eigenvalue weighted by Gasteiger charge is -2.39. The highest BCUT2D eigenvalue weighted by Crippen LogP contribution is 2.34. The van der Waals surface area contributed by atoms with Gasteiger partial charge in [0.1, 0.15) is 0 Å². The highest BCUT2D eigenvalue weighted by molar-refractivity contribution is 4.83. The van der Waals surface area contributed by atoms with Crippen LogP contribution in [-0.4, -0.2) is 51.8 Å². The molecular formula is C14H28N2O. The molecule has 100 valence electrons. The van der Waals surface area contributed by atoms with E-state index in [4.69, 9.17) is 4.74 Å². The maximum atomic E-state index is 5.52. The van der Waals surface area contributed by atoms with Crippen LogP contribution in [0.15, 0.2) is 0 Å². The quantitative estimate of drug-likeness (QED) is 0.807. The summed E-state index contributed by atoms with van der Waals surface area (Å²) in [5.41, 5.74) is 0. The number of hydrogen-bond donors (Lipinski definition) is 1. The number of hydrogen-bond acceptors (Lipinski definition) is 3. The Kier molecular flexibility index (Phi) is 5.26. The predicted octanol–water partition coefficient (Wildman–Crippen LogP) is 1.59. The van der Waals surface area contributed by atoms with Crippen LogP contribution in [-0.2, 0) is 4.74 Å². The summed E-state index contributed by atoms with van der Waals surface area (Å²) in [6.07, 6.45) is 5.30. The summed E-state index contributed by atoms with van der Waals surface area (Å²) in [4.78, 5) is 2.38. The molecule has 0 aromatic carbocycles. The van der Waals surface area contributed by atoms with E-state index in [1.165, 1.54) is 45.3 Å². The number of nitrogens with zero attached hydrogens (tertiary/aromatic N) is 1. The van der Waals surface area contributed by atoms with E-state index < -0.39 is 0 Å². The minimum Gasteiger partial charge on any atom is -0.381 e. The zero-order chi connectivity index (χ0) is 12.1. The fourth-order valence-electron chi connectivity index (χ4n) is 3.52. The fourth-order valence-corrected chi connectivity index (χ4v) is 3.52. The third-order valence-electron chi connectivity index (χ3n) is 4.44. The first-order valence-corrected chi connectivity index (χ1v) is 7.20. The number of nitrogens with one attached hydrogen (secondary N) is 1. The first kappa shape index (κ1) is 13.3. The molecule has 2 aliphatic heterocycles. The molecule has 0 bridgehead atoms. The van der Waals surface area contributed by atoms with Crippen molar-refractivity contribution in [2.75, 3.05) is 46.9 Å². The van der Waals surface area contributed by atoms with E-state index in [1.807, 2.05) is 0 Å². The summed E-state index contributed by atoms with van der Waals surface area (Å²) in [6.45, 7) is 5.67. The maximum Gasteiger partial charge on any atom is 0.0468 e. The molecule has 2 aliphatic rings. The number of ether oxygens (including phenoxy) is 1. The molecule has 0 radical (unpaired) electrons. The minimum atomic E-state index is 0.885. The smallest absolute Gasteiger partial charge is 0.0468 e. The summed E-state index contributed by atoms with van der Waals surface area (Å²) in [7, 11) is 4.43. The van der Waals surface area contributed by atoms with Crippen molar-refractivity contribution in [2.45, 2.75) is 25.7 Å². The molecule has 1 N–H and O–H groups in total. The van der Waals surface area contributed by atoms with Gasteiger partial charge < -0.3 is 15.0 Å². The van der Waals surface area contributed by atoms with Crippen molar-refractivity contribution in [3.8, 4) is 0 Å². The number of rotatable bonds is 4. The average Bonchev–Trinajstić information content (AvgIpc) is 2.38. The van der Waals surface area contributed by atoms with E-state index in [0.717, 1.165) is 31.0 Å². The van der Waals surface area contributed by atoms with Gasteiger partial charge in [0.15, 0.2) is 0 Å². The van der Waals surface area contributed by atoms with E-state index >= 15 is 0 Å². The maximum absolute atomic E-state index is 5.52. The predicted molar refractivity (Wildman–Crippen MR) is 71.2 cm³/mol. The van der Waals surface area contributed by atoms with Gasteiger partial charge in [-0.1, -0.05) is 0 Å². The Balaban J connectivity index is 1.95. The standard InChI is InChI=1S/C14H28N2O/c1-16(2)11-14(12-3-7-15-8-4-12)13-5-9-17-10-6-13/h12-15H,3-11H2,1-2H3. The van der Waals surface area contributed by atoms with Gasteiger partial charge in [-0.3, -0.25) is 0 Å². The second kappa shape index (κ2) is 6.72. The van der Waals surface area contributed by atoms with Gasteiger partial charge in [-0.05, 0) is 70.6 Å². The molecular weight excluding hydrogens is 212 g/mol. The molecule has 3 nitrogen and oxygen atoms in total. The molecule has 17 heavy (non-hydrogen) atoms. The molecule has 1 unspecified atom stereocenters. The van der Waals surface area contributed by atoms with Crippen molar-refractivity contribution in [3.05, 3.63) is 0 Å². The van der Waals surface area contributed by atoms with E-state index in [-0.39, 0.29) is 0 Å². The van der Waals surface area contributed by atoms with Crippen molar-refractivity contribution >= 4 is 0 Å². The Hall–Kier alpha value is -0.120. The molecule has 1 atom stereocenters. The zero-order valence-electron chi connectivity index (χ0n) is 11.5. The van der Waals surface area contributed by atoms with E-state index in [1.54, 1.807) is 0 Å². The molecule has 0 amide bonds. The second-order valence-electron chi connectivity index (χ2n) is 5.96. The molecule has 2 fully saturated rings.